The molecule has 0 aliphatic carbocycles. The van der Waals surface area contributed by atoms with Crippen LogP contribution in [0.5, 0.6) is 0 Å². The molecule has 0 saturated heterocycles. The zero-order valence-corrected chi connectivity index (χ0v) is 15.9. The van der Waals surface area contributed by atoms with Crippen LogP contribution < -0.4 is 5.32 Å². The number of aldehydes is 1. The lowest BCUT2D eigenvalue weighted by Gasteiger charge is -2.09. The number of hydrogen-bond acceptors (Lipinski definition) is 4. The Morgan fingerprint density at radius 3 is 2.71 bits per heavy atom. The fourth-order valence-corrected chi connectivity index (χ4v) is 3.63. The van der Waals surface area contributed by atoms with Crippen LogP contribution in [-0.4, -0.2) is 18.4 Å². The van der Waals surface area contributed by atoms with Crippen LogP contribution in [0.25, 0.3) is 5.57 Å². The molecule has 1 aliphatic rings. The minimum atomic E-state index is 0.661. The fourth-order valence-electron chi connectivity index (χ4n) is 2.42. The van der Waals surface area contributed by atoms with Gasteiger partial charge in [0.15, 0.2) is 6.29 Å². The lowest BCUT2D eigenvalue weighted by molar-refractivity contribution is -0.104. The first kappa shape index (κ1) is 18.6. The summed E-state index contributed by atoms with van der Waals surface area (Å²) in [6.07, 6.45) is 5.66. The Labute approximate surface area is 152 Å². The summed E-state index contributed by atoms with van der Waals surface area (Å²) in [5, 5.41) is 4.61. The molecule has 126 valence electrons. The van der Waals surface area contributed by atoms with Crippen LogP contribution in [-0.2, 0) is 4.79 Å². The highest BCUT2D eigenvalue weighted by Gasteiger charge is 2.21. The van der Waals surface area contributed by atoms with Crippen LogP contribution in [0.3, 0.4) is 0 Å². The third-order valence-electron chi connectivity index (χ3n) is 3.60. The number of benzene rings is 1. The summed E-state index contributed by atoms with van der Waals surface area (Å²) in [6, 6.07) is 5.95. The normalized spacial score (nSPS) is 18.6. The second-order valence-corrected chi connectivity index (χ2v) is 6.99. The number of nitrogens with zero attached hydrogens (tertiary/aromatic N) is 1. The molecular formula is C19H21ClN2OS. The first-order valence-electron chi connectivity index (χ1n) is 7.78. The Bertz CT molecular complexity index is 755. The Hall–Kier alpha value is -1.78. The molecule has 0 fully saturated rings. The van der Waals surface area contributed by atoms with Gasteiger partial charge in [0.1, 0.15) is 10.9 Å². The number of hydrogen-bond donors (Lipinski definition) is 1. The van der Waals surface area contributed by atoms with E-state index in [0.29, 0.717) is 9.93 Å². The van der Waals surface area contributed by atoms with Gasteiger partial charge >= 0.3 is 0 Å². The number of aliphatic imine (C=N–C) groups is 1. The van der Waals surface area contributed by atoms with Gasteiger partial charge in [0.05, 0.1) is 4.91 Å². The quantitative estimate of drug-likeness (QED) is 0.741. The van der Waals surface area contributed by atoms with Crippen molar-refractivity contribution in [1.82, 2.24) is 5.32 Å². The van der Waals surface area contributed by atoms with Crippen LogP contribution >= 0.6 is 23.4 Å². The summed E-state index contributed by atoms with van der Waals surface area (Å²) < 4.78 is 0. The topological polar surface area (TPSA) is 41.5 Å². The largest absolute Gasteiger partial charge is 0.373 e. The number of nitrogens with one attached hydrogen (secondary N) is 1. The molecule has 0 atom stereocenters. The van der Waals surface area contributed by atoms with Crippen molar-refractivity contribution in [2.24, 2.45) is 4.99 Å². The van der Waals surface area contributed by atoms with Gasteiger partial charge in [0, 0.05) is 17.6 Å². The highest BCUT2D eigenvalue weighted by Crippen LogP contribution is 2.36. The molecule has 1 aliphatic heterocycles. The van der Waals surface area contributed by atoms with Gasteiger partial charge in [-0.3, -0.25) is 4.79 Å². The van der Waals surface area contributed by atoms with Gasteiger partial charge in [-0.2, -0.15) is 0 Å². The van der Waals surface area contributed by atoms with Crippen molar-refractivity contribution >= 4 is 40.3 Å². The van der Waals surface area contributed by atoms with Crippen molar-refractivity contribution in [3.8, 4) is 0 Å². The number of halogens is 1. The lowest BCUT2D eigenvalue weighted by Crippen LogP contribution is -2.06. The number of carbonyl (C=O) groups excluding carboxylic acids is 1. The second-order valence-electron chi connectivity index (χ2n) is 5.49. The number of thioether (sulfide) groups is 1. The first-order chi connectivity index (χ1) is 11.5. The summed E-state index contributed by atoms with van der Waals surface area (Å²) in [4.78, 5) is 16.6. The van der Waals surface area contributed by atoms with Crippen LogP contribution in [0.4, 0.5) is 0 Å². The average molecular weight is 361 g/mol. The van der Waals surface area contributed by atoms with Gasteiger partial charge in [-0.1, -0.05) is 36.4 Å². The Kier molecular flexibility index (Phi) is 6.46. The van der Waals surface area contributed by atoms with Crippen molar-refractivity contribution in [2.45, 2.75) is 27.2 Å². The molecule has 0 radical (unpaired) electrons. The van der Waals surface area contributed by atoms with Gasteiger partial charge in [0.2, 0.25) is 0 Å². The zero-order chi connectivity index (χ0) is 17.7. The second kappa shape index (κ2) is 8.36. The molecule has 0 unspecified atom stereocenters. The highest BCUT2D eigenvalue weighted by atomic mass is 35.5. The molecule has 0 amide bonds. The Morgan fingerprint density at radius 1 is 1.38 bits per heavy atom. The van der Waals surface area contributed by atoms with Gasteiger partial charge in [0.25, 0.3) is 0 Å². The van der Waals surface area contributed by atoms with E-state index in [2.05, 4.69) is 23.3 Å². The molecule has 24 heavy (non-hydrogen) atoms. The molecule has 1 aromatic rings. The van der Waals surface area contributed by atoms with Gasteiger partial charge in [-0.05, 0) is 61.3 Å². The molecule has 5 heteroatoms. The van der Waals surface area contributed by atoms with Crippen LogP contribution in [0, 0.1) is 6.92 Å². The van der Waals surface area contributed by atoms with Crippen molar-refractivity contribution in [1.29, 1.82) is 0 Å². The third-order valence-corrected chi connectivity index (χ3v) is 4.77. The Morgan fingerprint density at radius 2 is 2.12 bits per heavy atom. The summed E-state index contributed by atoms with van der Waals surface area (Å²) in [5.74, 6) is 0.799. The fraction of sp³-hybridized carbons (Fsp3) is 0.263. The van der Waals surface area contributed by atoms with Gasteiger partial charge < -0.3 is 5.32 Å². The van der Waals surface area contributed by atoms with E-state index in [1.807, 2.05) is 45.2 Å². The molecule has 0 aromatic heterocycles. The number of aryl methyl sites for hydroxylation is 1. The van der Waals surface area contributed by atoms with E-state index < -0.39 is 0 Å². The molecule has 1 aromatic carbocycles. The van der Waals surface area contributed by atoms with E-state index in [9.17, 15) is 4.79 Å². The van der Waals surface area contributed by atoms with Crippen LogP contribution in [0.1, 0.15) is 31.4 Å². The van der Waals surface area contributed by atoms with Crippen LogP contribution in [0.15, 0.2) is 51.6 Å². The van der Waals surface area contributed by atoms with Crippen molar-refractivity contribution in [3.63, 3.8) is 0 Å². The number of allylic oxidation sites excluding steroid dienone is 4. The predicted molar refractivity (Wildman–Crippen MR) is 105 cm³/mol. The lowest BCUT2D eigenvalue weighted by atomic mass is 10.00. The van der Waals surface area contributed by atoms with E-state index in [1.54, 1.807) is 0 Å². The smallest absolute Gasteiger partial charge is 0.156 e. The third kappa shape index (κ3) is 4.40. The molecule has 2 rings (SSSR count). The maximum Gasteiger partial charge on any atom is 0.156 e. The van der Waals surface area contributed by atoms with Crippen LogP contribution in [0.2, 0.25) is 5.02 Å². The summed E-state index contributed by atoms with van der Waals surface area (Å²) >= 11 is 7.58. The summed E-state index contributed by atoms with van der Waals surface area (Å²) in [6.45, 7) is 6.11. The molecule has 1 heterocycles. The molecule has 3 nitrogen and oxygen atoms in total. The maximum atomic E-state index is 11.2. The Balaban J connectivity index is 2.56. The standard InChI is InChI=1S/C19H21ClN2OS/c1-5-6-18(21-4)22-19-17(10-16(11-23)24-19)13(3)14-7-12(2)8-15(20)9-14/h6-11,21H,5H2,1-4H3/b17-13+,18-6?,22-19+. The monoisotopic (exact) mass is 360 g/mol. The average Bonchev–Trinajstić information content (AvgIpc) is 2.95. The molecule has 0 bridgehead atoms. The van der Waals surface area contributed by atoms with E-state index in [1.165, 1.54) is 11.8 Å². The van der Waals surface area contributed by atoms with Gasteiger partial charge in [-0.15, -0.1) is 0 Å². The molecular weight excluding hydrogens is 340 g/mol. The van der Waals surface area contributed by atoms with E-state index in [-0.39, 0.29) is 0 Å². The van der Waals surface area contributed by atoms with E-state index in [4.69, 9.17) is 11.6 Å². The maximum absolute atomic E-state index is 11.2. The summed E-state index contributed by atoms with van der Waals surface area (Å²) in [7, 11) is 1.84. The van der Waals surface area contributed by atoms with Gasteiger partial charge in [-0.25, -0.2) is 4.99 Å². The highest BCUT2D eigenvalue weighted by molar-refractivity contribution is 8.18. The van der Waals surface area contributed by atoms with E-state index in [0.717, 1.165) is 45.8 Å². The summed E-state index contributed by atoms with van der Waals surface area (Å²) in [5.41, 5.74) is 4.15. The van der Waals surface area contributed by atoms with Crippen molar-refractivity contribution in [3.05, 3.63) is 62.8 Å². The molecule has 0 spiro atoms. The predicted octanol–water partition coefficient (Wildman–Crippen LogP) is 5.12. The first-order valence-corrected chi connectivity index (χ1v) is 8.98. The number of carbonyl (C=O) groups is 1. The molecule has 0 saturated carbocycles. The number of rotatable bonds is 5. The molecule has 1 N–H and O–H groups in total. The van der Waals surface area contributed by atoms with Crippen molar-refractivity contribution < 1.29 is 4.79 Å². The SMILES string of the molecule is CCC=C(/N=C1/SC(C=O)=C/C1=C(/C)c1cc(C)cc(Cl)c1)NC. The minimum absolute atomic E-state index is 0.661. The van der Waals surface area contributed by atoms with E-state index >= 15 is 0 Å². The van der Waals surface area contributed by atoms with Crippen molar-refractivity contribution in [2.75, 3.05) is 7.05 Å². The minimum Gasteiger partial charge on any atom is -0.373 e. The zero-order valence-electron chi connectivity index (χ0n) is 14.3.